The monoisotopic (exact) mass is 240 g/mol. The molecule has 2 rings (SSSR count). The summed E-state index contributed by atoms with van der Waals surface area (Å²) in [5, 5.41) is 0. The number of hydrogen-bond acceptors (Lipinski definition) is 1. The van der Waals surface area contributed by atoms with Gasteiger partial charge in [-0.15, -0.1) is 0 Å². The van der Waals surface area contributed by atoms with Crippen molar-refractivity contribution >= 4 is 17.8 Å². The first kappa shape index (κ1) is 12.0. The maximum Gasteiger partial charge on any atom is 0.0119 e. The predicted octanol–water partition coefficient (Wildman–Crippen LogP) is 5.15. The first-order valence-corrected chi connectivity index (χ1v) is 6.53. The summed E-state index contributed by atoms with van der Waals surface area (Å²) in [5.41, 5.74) is 2.56. The van der Waals surface area contributed by atoms with Gasteiger partial charge in [0.25, 0.3) is 0 Å². The van der Waals surface area contributed by atoms with Gasteiger partial charge in [0.1, 0.15) is 0 Å². The van der Waals surface area contributed by atoms with Gasteiger partial charge in [0, 0.05) is 4.90 Å². The molecule has 0 N–H and O–H groups in total. The van der Waals surface area contributed by atoms with E-state index in [2.05, 4.69) is 68.5 Å². The minimum absolute atomic E-state index is 1.25. The van der Waals surface area contributed by atoms with Crippen molar-refractivity contribution in [2.45, 2.75) is 18.7 Å². The van der Waals surface area contributed by atoms with Crippen LogP contribution in [0.2, 0.25) is 0 Å². The van der Waals surface area contributed by atoms with Crippen molar-refractivity contribution in [2.24, 2.45) is 0 Å². The lowest BCUT2D eigenvalue weighted by Gasteiger charge is -2.02. The number of benzene rings is 2. The number of rotatable bonds is 3. The molecule has 0 fully saturated rings. The van der Waals surface area contributed by atoms with Crippen LogP contribution in [0.4, 0.5) is 0 Å². The van der Waals surface area contributed by atoms with E-state index >= 15 is 0 Å². The van der Waals surface area contributed by atoms with Crippen molar-refractivity contribution in [3.8, 4) is 0 Å². The zero-order chi connectivity index (χ0) is 12.1. The Bertz CT molecular complexity index is 495. The summed E-state index contributed by atoms with van der Waals surface area (Å²) in [7, 11) is 0. The number of allylic oxidation sites excluding steroid dienone is 1. The average molecular weight is 240 g/mol. The van der Waals surface area contributed by atoms with Crippen LogP contribution in [0.1, 0.15) is 18.1 Å². The fraction of sp³-hybridized carbons (Fsp3) is 0.125. The third-order valence-electron chi connectivity index (χ3n) is 2.47. The van der Waals surface area contributed by atoms with Crippen LogP contribution in [0.5, 0.6) is 0 Å². The Morgan fingerprint density at radius 3 is 2.24 bits per heavy atom. The van der Waals surface area contributed by atoms with Crippen LogP contribution in [0.25, 0.3) is 6.08 Å². The quantitative estimate of drug-likeness (QED) is 0.669. The summed E-state index contributed by atoms with van der Waals surface area (Å²) in [6, 6.07) is 19.1. The van der Waals surface area contributed by atoms with Crippen molar-refractivity contribution in [3.05, 3.63) is 70.6 Å². The molecule has 1 heteroatoms. The molecule has 0 atom stereocenters. The molecular weight excluding hydrogens is 224 g/mol. The van der Waals surface area contributed by atoms with Gasteiger partial charge in [-0.05, 0) is 42.5 Å². The van der Waals surface area contributed by atoms with E-state index in [0.717, 1.165) is 0 Å². The molecule has 2 aromatic carbocycles. The first-order chi connectivity index (χ1) is 8.24. The van der Waals surface area contributed by atoms with Crippen molar-refractivity contribution in [1.82, 2.24) is 0 Å². The summed E-state index contributed by atoms with van der Waals surface area (Å²) >= 11 is 1.81. The Kier molecular flexibility index (Phi) is 4.05. The third-order valence-corrected chi connectivity index (χ3v) is 3.42. The molecule has 2 aromatic rings. The summed E-state index contributed by atoms with van der Waals surface area (Å²) in [6.07, 6.45) is 2.21. The molecule has 0 nitrogen and oxygen atoms in total. The highest BCUT2D eigenvalue weighted by atomic mass is 32.2. The van der Waals surface area contributed by atoms with E-state index in [1.54, 1.807) is 0 Å². The van der Waals surface area contributed by atoms with Crippen LogP contribution in [-0.2, 0) is 0 Å². The van der Waals surface area contributed by atoms with Gasteiger partial charge in [-0.3, -0.25) is 0 Å². The molecule has 0 aliphatic rings. The standard InChI is InChI=1S/C16H16S/c1-13-8-10-16(11-9-13)17-14(2)12-15-6-4-3-5-7-15/h3-12H,1-2H3/b14-12-. The SMILES string of the molecule is C/C(=C/c1ccccc1)Sc1ccc(C)cc1. The first-order valence-electron chi connectivity index (χ1n) is 5.72. The molecule has 0 unspecified atom stereocenters. The molecule has 0 aliphatic heterocycles. The zero-order valence-corrected chi connectivity index (χ0v) is 11.0. The van der Waals surface area contributed by atoms with Gasteiger partial charge in [0.2, 0.25) is 0 Å². The fourth-order valence-electron chi connectivity index (χ4n) is 1.61. The highest BCUT2D eigenvalue weighted by Crippen LogP contribution is 2.27. The molecule has 0 bridgehead atoms. The Labute approximate surface area is 107 Å². The van der Waals surface area contributed by atoms with Gasteiger partial charge >= 0.3 is 0 Å². The minimum Gasteiger partial charge on any atom is -0.0948 e. The number of thioether (sulfide) groups is 1. The molecule has 0 aliphatic carbocycles. The van der Waals surface area contributed by atoms with E-state index < -0.39 is 0 Å². The van der Waals surface area contributed by atoms with Crippen molar-refractivity contribution in [3.63, 3.8) is 0 Å². The molecule has 17 heavy (non-hydrogen) atoms. The van der Waals surface area contributed by atoms with E-state index in [9.17, 15) is 0 Å². The lowest BCUT2D eigenvalue weighted by molar-refractivity contribution is 1.38. The smallest absolute Gasteiger partial charge is 0.0119 e. The molecule has 86 valence electrons. The second-order valence-corrected chi connectivity index (χ2v) is 5.40. The van der Waals surface area contributed by atoms with Crippen LogP contribution in [-0.4, -0.2) is 0 Å². The molecule has 0 heterocycles. The summed E-state index contributed by atoms with van der Waals surface area (Å²) in [6.45, 7) is 4.26. The number of aryl methyl sites for hydroxylation is 1. The van der Waals surface area contributed by atoms with E-state index in [-0.39, 0.29) is 0 Å². The second kappa shape index (κ2) is 5.74. The maximum absolute atomic E-state index is 2.21. The summed E-state index contributed by atoms with van der Waals surface area (Å²) in [5.74, 6) is 0. The van der Waals surface area contributed by atoms with Gasteiger partial charge in [-0.1, -0.05) is 59.8 Å². The molecular formula is C16H16S. The normalized spacial score (nSPS) is 11.5. The summed E-state index contributed by atoms with van der Waals surface area (Å²) < 4.78 is 0. The van der Waals surface area contributed by atoms with Crippen LogP contribution >= 0.6 is 11.8 Å². The van der Waals surface area contributed by atoms with Gasteiger partial charge in [-0.2, -0.15) is 0 Å². The average Bonchev–Trinajstić information content (AvgIpc) is 2.33. The van der Waals surface area contributed by atoms with Crippen LogP contribution in [0.15, 0.2) is 64.4 Å². The largest absolute Gasteiger partial charge is 0.0948 e. The maximum atomic E-state index is 2.21. The Morgan fingerprint density at radius 1 is 0.941 bits per heavy atom. The van der Waals surface area contributed by atoms with Crippen molar-refractivity contribution in [1.29, 1.82) is 0 Å². The molecule has 0 aromatic heterocycles. The van der Waals surface area contributed by atoms with E-state index in [1.165, 1.54) is 20.9 Å². The van der Waals surface area contributed by atoms with Gasteiger partial charge in [0.05, 0.1) is 0 Å². The molecule has 0 saturated heterocycles. The molecule has 0 saturated carbocycles. The second-order valence-electron chi connectivity index (χ2n) is 4.08. The van der Waals surface area contributed by atoms with E-state index in [4.69, 9.17) is 0 Å². The third kappa shape index (κ3) is 3.79. The van der Waals surface area contributed by atoms with E-state index in [0.29, 0.717) is 0 Å². The predicted molar refractivity (Wildman–Crippen MR) is 77.1 cm³/mol. The number of hydrogen-bond donors (Lipinski definition) is 0. The lowest BCUT2D eigenvalue weighted by atomic mass is 10.2. The Balaban J connectivity index is 2.09. The van der Waals surface area contributed by atoms with Gasteiger partial charge in [0.15, 0.2) is 0 Å². The Morgan fingerprint density at radius 2 is 1.59 bits per heavy atom. The topological polar surface area (TPSA) is 0 Å². The zero-order valence-electron chi connectivity index (χ0n) is 10.2. The Hall–Kier alpha value is -1.47. The summed E-state index contributed by atoms with van der Waals surface area (Å²) in [4.78, 5) is 2.60. The van der Waals surface area contributed by atoms with Gasteiger partial charge < -0.3 is 0 Å². The van der Waals surface area contributed by atoms with Crippen molar-refractivity contribution in [2.75, 3.05) is 0 Å². The van der Waals surface area contributed by atoms with Crippen LogP contribution in [0.3, 0.4) is 0 Å². The van der Waals surface area contributed by atoms with Crippen LogP contribution in [0, 0.1) is 6.92 Å². The molecule has 0 spiro atoms. The molecule has 0 amide bonds. The molecule has 0 radical (unpaired) electrons. The minimum atomic E-state index is 1.25. The highest BCUT2D eigenvalue weighted by Gasteiger charge is 1.96. The van der Waals surface area contributed by atoms with Crippen molar-refractivity contribution < 1.29 is 0 Å². The van der Waals surface area contributed by atoms with Gasteiger partial charge in [-0.25, -0.2) is 0 Å². The van der Waals surface area contributed by atoms with E-state index in [1.807, 2.05) is 17.8 Å². The highest BCUT2D eigenvalue weighted by molar-refractivity contribution is 8.03. The fourth-order valence-corrected chi connectivity index (χ4v) is 2.44. The lowest BCUT2D eigenvalue weighted by Crippen LogP contribution is -1.75. The van der Waals surface area contributed by atoms with Crippen LogP contribution < -0.4 is 0 Å².